The first-order chi connectivity index (χ1) is 8.25. The highest BCUT2D eigenvalue weighted by molar-refractivity contribution is 6.31. The van der Waals surface area contributed by atoms with Crippen molar-refractivity contribution in [3.63, 3.8) is 0 Å². The molecule has 0 saturated carbocycles. The molecular formula is C13H13ClN2O. The van der Waals surface area contributed by atoms with Crippen LogP contribution in [-0.2, 0) is 0 Å². The zero-order valence-corrected chi connectivity index (χ0v) is 10.1. The van der Waals surface area contributed by atoms with Gasteiger partial charge in [-0.3, -0.25) is 4.79 Å². The van der Waals surface area contributed by atoms with Crippen molar-refractivity contribution in [3.8, 4) is 0 Å². The van der Waals surface area contributed by atoms with E-state index in [1.165, 1.54) is 0 Å². The summed E-state index contributed by atoms with van der Waals surface area (Å²) in [6.07, 6.45) is 3.77. The van der Waals surface area contributed by atoms with E-state index in [9.17, 15) is 4.79 Å². The average Bonchev–Trinajstić information content (AvgIpc) is 2.97. The Morgan fingerprint density at radius 2 is 2.29 bits per heavy atom. The topological polar surface area (TPSA) is 44.9 Å². The fourth-order valence-electron chi connectivity index (χ4n) is 2.39. The molecule has 0 aliphatic carbocycles. The van der Waals surface area contributed by atoms with Crippen LogP contribution in [0.2, 0.25) is 5.02 Å². The van der Waals surface area contributed by atoms with E-state index in [0.717, 1.165) is 35.9 Å². The lowest BCUT2D eigenvalue weighted by Crippen LogP contribution is -2.30. The summed E-state index contributed by atoms with van der Waals surface area (Å²) >= 11 is 5.97. The molecule has 1 aliphatic rings. The number of halogens is 1. The first-order valence-electron chi connectivity index (χ1n) is 5.80. The van der Waals surface area contributed by atoms with Crippen LogP contribution in [-0.4, -0.2) is 23.4 Å². The minimum Gasteiger partial charge on any atom is -0.360 e. The quantitative estimate of drug-likeness (QED) is 0.803. The third kappa shape index (κ3) is 1.85. The maximum Gasteiger partial charge on any atom is 0.181 e. The van der Waals surface area contributed by atoms with Crippen LogP contribution in [0, 0.1) is 0 Å². The number of H-pyrrole nitrogens is 1. The van der Waals surface area contributed by atoms with Crippen molar-refractivity contribution in [2.24, 2.45) is 0 Å². The van der Waals surface area contributed by atoms with Crippen LogP contribution in [0.15, 0.2) is 24.4 Å². The molecule has 1 fully saturated rings. The van der Waals surface area contributed by atoms with Gasteiger partial charge in [0.15, 0.2) is 5.78 Å². The highest BCUT2D eigenvalue weighted by Crippen LogP contribution is 2.24. The third-order valence-corrected chi connectivity index (χ3v) is 3.52. The summed E-state index contributed by atoms with van der Waals surface area (Å²) in [6.45, 7) is 0.930. The maximum absolute atomic E-state index is 12.3. The van der Waals surface area contributed by atoms with Crippen molar-refractivity contribution in [3.05, 3.63) is 35.0 Å². The monoisotopic (exact) mass is 248 g/mol. The number of benzene rings is 1. The van der Waals surface area contributed by atoms with Gasteiger partial charge in [-0.25, -0.2) is 0 Å². The molecule has 1 unspecified atom stereocenters. The normalized spacial score (nSPS) is 19.9. The van der Waals surface area contributed by atoms with Crippen molar-refractivity contribution in [2.75, 3.05) is 6.54 Å². The number of hydrogen-bond acceptors (Lipinski definition) is 2. The highest BCUT2D eigenvalue weighted by Gasteiger charge is 2.25. The predicted octanol–water partition coefficient (Wildman–Crippen LogP) is 2.76. The van der Waals surface area contributed by atoms with Crippen LogP contribution < -0.4 is 5.32 Å². The lowest BCUT2D eigenvalue weighted by Gasteiger charge is -2.07. The Balaban J connectivity index is 2.04. The van der Waals surface area contributed by atoms with Gasteiger partial charge in [-0.1, -0.05) is 11.6 Å². The second-order valence-electron chi connectivity index (χ2n) is 4.41. The summed E-state index contributed by atoms with van der Waals surface area (Å²) in [6, 6.07) is 5.53. The van der Waals surface area contributed by atoms with E-state index in [2.05, 4.69) is 10.3 Å². The Kier molecular flexibility index (Phi) is 2.65. The standard InChI is InChI=1S/C13H13ClN2O/c14-8-3-4-11-9(6-8)10(7-16-11)13(17)12-2-1-5-15-12/h3-4,6-7,12,15-16H,1-2,5H2. The number of fused-ring (bicyclic) bond motifs is 1. The number of carbonyl (C=O) groups excluding carboxylic acids is 1. The van der Waals surface area contributed by atoms with Gasteiger partial charge in [0.05, 0.1) is 6.04 Å². The zero-order chi connectivity index (χ0) is 11.8. The number of ketones is 1. The molecule has 0 amide bonds. The Labute approximate surface area is 104 Å². The van der Waals surface area contributed by atoms with Crippen LogP contribution in [0.5, 0.6) is 0 Å². The van der Waals surface area contributed by atoms with E-state index < -0.39 is 0 Å². The molecular weight excluding hydrogens is 236 g/mol. The minimum absolute atomic E-state index is 0.0343. The minimum atomic E-state index is -0.0343. The average molecular weight is 249 g/mol. The Morgan fingerprint density at radius 1 is 1.41 bits per heavy atom. The van der Waals surface area contributed by atoms with Gasteiger partial charge in [0, 0.05) is 27.7 Å². The van der Waals surface area contributed by atoms with E-state index in [-0.39, 0.29) is 11.8 Å². The smallest absolute Gasteiger partial charge is 0.181 e. The summed E-state index contributed by atoms with van der Waals surface area (Å²) in [7, 11) is 0. The van der Waals surface area contributed by atoms with E-state index in [0.29, 0.717) is 5.02 Å². The molecule has 17 heavy (non-hydrogen) atoms. The summed E-state index contributed by atoms with van der Waals surface area (Å²) in [5, 5.41) is 4.80. The molecule has 4 heteroatoms. The van der Waals surface area contributed by atoms with E-state index >= 15 is 0 Å². The third-order valence-electron chi connectivity index (χ3n) is 3.29. The molecule has 3 rings (SSSR count). The molecule has 1 saturated heterocycles. The maximum atomic E-state index is 12.3. The molecule has 1 atom stereocenters. The molecule has 0 spiro atoms. The lowest BCUT2D eigenvalue weighted by atomic mass is 10.0. The molecule has 0 bridgehead atoms. The summed E-state index contributed by atoms with van der Waals surface area (Å²) in [4.78, 5) is 15.4. The van der Waals surface area contributed by atoms with Gasteiger partial charge in [-0.2, -0.15) is 0 Å². The second-order valence-corrected chi connectivity index (χ2v) is 4.84. The largest absolute Gasteiger partial charge is 0.360 e. The lowest BCUT2D eigenvalue weighted by molar-refractivity contribution is 0.0954. The van der Waals surface area contributed by atoms with Crippen LogP contribution in [0.1, 0.15) is 23.2 Å². The van der Waals surface area contributed by atoms with Crippen molar-refractivity contribution < 1.29 is 4.79 Å². The Hall–Kier alpha value is -1.32. The van der Waals surface area contributed by atoms with Gasteiger partial charge < -0.3 is 10.3 Å². The Morgan fingerprint density at radius 3 is 3.06 bits per heavy atom. The molecule has 1 aromatic heterocycles. The van der Waals surface area contributed by atoms with Gasteiger partial charge in [0.2, 0.25) is 0 Å². The Bertz CT molecular complexity index is 570. The number of aromatic amines is 1. The van der Waals surface area contributed by atoms with Gasteiger partial charge in [0.25, 0.3) is 0 Å². The van der Waals surface area contributed by atoms with Gasteiger partial charge in [-0.15, -0.1) is 0 Å². The highest BCUT2D eigenvalue weighted by atomic mass is 35.5. The van der Waals surface area contributed by atoms with Crippen molar-refractivity contribution in [2.45, 2.75) is 18.9 Å². The number of aromatic nitrogens is 1. The number of hydrogen-bond donors (Lipinski definition) is 2. The first kappa shape index (κ1) is 10.8. The predicted molar refractivity (Wildman–Crippen MR) is 68.7 cm³/mol. The SMILES string of the molecule is O=C(c1c[nH]c2ccc(Cl)cc12)C1CCCN1. The van der Waals surface area contributed by atoms with Crippen LogP contribution in [0.3, 0.4) is 0 Å². The molecule has 1 aliphatic heterocycles. The zero-order valence-electron chi connectivity index (χ0n) is 9.29. The molecule has 88 valence electrons. The second kappa shape index (κ2) is 4.17. The fraction of sp³-hybridized carbons (Fsp3) is 0.308. The van der Waals surface area contributed by atoms with Crippen LogP contribution >= 0.6 is 11.6 Å². The van der Waals surface area contributed by atoms with E-state index in [1.807, 2.05) is 18.2 Å². The number of nitrogens with one attached hydrogen (secondary N) is 2. The van der Waals surface area contributed by atoms with Gasteiger partial charge in [0.1, 0.15) is 0 Å². The van der Waals surface area contributed by atoms with Crippen LogP contribution in [0.4, 0.5) is 0 Å². The summed E-state index contributed by atoms with van der Waals surface area (Å²) in [5.41, 5.74) is 1.69. The van der Waals surface area contributed by atoms with Crippen LogP contribution in [0.25, 0.3) is 10.9 Å². The molecule has 1 aromatic carbocycles. The van der Waals surface area contributed by atoms with E-state index in [4.69, 9.17) is 11.6 Å². The van der Waals surface area contributed by atoms with Crippen molar-refractivity contribution >= 4 is 28.3 Å². The molecule has 2 aromatic rings. The molecule has 2 heterocycles. The van der Waals surface area contributed by atoms with Crippen molar-refractivity contribution in [1.82, 2.24) is 10.3 Å². The summed E-state index contributed by atoms with van der Waals surface area (Å²) in [5.74, 6) is 0.163. The van der Waals surface area contributed by atoms with Gasteiger partial charge >= 0.3 is 0 Å². The van der Waals surface area contributed by atoms with E-state index in [1.54, 1.807) is 6.20 Å². The first-order valence-corrected chi connectivity index (χ1v) is 6.18. The van der Waals surface area contributed by atoms with Gasteiger partial charge in [-0.05, 0) is 37.6 Å². The molecule has 2 N–H and O–H groups in total. The number of Topliss-reactive ketones (excluding diaryl/α,β-unsaturated/α-hetero) is 1. The summed E-state index contributed by atoms with van der Waals surface area (Å²) < 4.78 is 0. The fourth-order valence-corrected chi connectivity index (χ4v) is 2.56. The van der Waals surface area contributed by atoms with Crippen molar-refractivity contribution in [1.29, 1.82) is 0 Å². The number of rotatable bonds is 2. The number of carbonyl (C=O) groups is 1. The molecule has 0 radical (unpaired) electrons. The molecule has 3 nitrogen and oxygen atoms in total.